The summed E-state index contributed by atoms with van der Waals surface area (Å²) in [7, 11) is 0. The predicted octanol–water partition coefficient (Wildman–Crippen LogP) is 6.03. The summed E-state index contributed by atoms with van der Waals surface area (Å²) < 4.78 is 1.06. The van der Waals surface area contributed by atoms with Gasteiger partial charge in [0.15, 0.2) is 0 Å². The third-order valence-electron chi connectivity index (χ3n) is 4.39. The van der Waals surface area contributed by atoms with Gasteiger partial charge >= 0.3 is 0 Å². The standard InChI is InChI=1S/C15H23BrClNS/c1-4-18-13(12-9-11(17)14(16)19-12)10-7-5-6-8-15(10,2)3/h9-10,13,18H,4-8H2,1-3H3. The number of hydrogen-bond donors (Lipinski definition) is 1. The Morgan fingerprint density at radius 2 is 2.26 bits per heavy atom. The normalized spacial score (nSPS) is 24.4. The van der Waals surface area contributed by atoms with E-state index in [2.05, 4.69) is 48.1 Å². The van der Waals surface area contributed by atoms with E-state index in [1.54, 1.807) is 11.3 Å². The Balaban J connectivity index is 2.28. The molecule has 2 atom stereocenters. The number of hydrogen-bond acceptors (Lipinski definition) is 2. The van der Waals surface area contributed by atoms with Gasteiger partial charge < -0.3 is 5.32 Å². The Hall–Kier alpha value is 0.430. The summed E-state index contributed by atoms with van der Waals surface area (Å²) in [5.74, 6) is 0.697. The monoisotopic (exact) mass is 363 g/mol. The molecule has 1 aliphatic carbocycles. The van der Waals surface area contributed by atoms with Crippen LogP contribution in [0.5, 0.6) is 0 Å². The van der Waals surface area contributed by atoms with E-state index in [0.717, 1.165) is 15.4 Å². The minimum atomic E-state index is 0.411. The molecule has 0 spiro atoms. The molecule has 2 unspecified atom stereocenters. The topological polar surface area (TPSA) is 12.0 Å². The molecular weight excluding hydrogens is 342 g/mol. The molecule has 1 nitrogen and oxygen atoms in total. The van der Waals surface area contributed by atoms with Crippen LogP contribution in [0.2, 0.25) is 5.02 Å². The fraction of sp³-hybridized carbons (Fsp3) is 0.733. The van der Waals surface area contributed by atoms with Gasteiger partial charge in [-0.15, -0.1) is 11.3 Å². The van der Waals surface area contributed by atoms with Gasteiger partial charge in [0, 0.05) is 10.9 Å². The second kappa shape index (κ2) is 6.46. The highest BCUT2D eigenvalue weighted by molar-refractivity contribution is 9.11. The Morgan fingerprint density at radius 3 is 2.79 bits per heavy atom. The Bertz CT molecular complexity index is 410. The van der Waals surface area contributed by atoms with Gasteiger partial charge in [-0.25, -0.2) is 0 Å². The summed E-state index contributed by atoms with van der Waals surface area (Å²) in [4.78, 5) is 1.37. The zero-order valence-corrected chi connectivity index (χ0v) is 15.1. The van der Waals surface area contributed by atoms with E-state index >= 15 is 0 Å². The second-order valence-corrected chi connectivity index (χ2v) is 8.96. The van der Waals surface area contributed by atoms with Gasteiger partial charge in [-0.3, -0.25) is 0 Å². The lowest BCUT2D eigenvalue weighted by molar-refractivity contribution is 0.100. The largest absolute Gasteiger partial charge is 0.309 e. The molecule has 0 radical (unpaired) electrons. The van der Waals surface area contributed by atoms with Crippen molar-refractivity contribution >= 4 is 38.9 Å². The molecule has 4 heteroatoms. The second-order valence-electron chi connectivity index (χ2n) is 6.15. The van der Waals surface area contributed by atoms with Gasteiger partial charge in [0.25, 0.3) is 0 Å². The van der Waals surface area contributed by atoms with Crippen LogP contribution in [-0.4, -0.2) is 6.54 Å². The summed E-state index contributed by atoms with van der Waals surface area (Å²) in [6, 6.07) is 2.57. The van der Waals surface area contributed by atoms with E-state index in [0.29, 0.717) is 17.4 Å². The van der Waals surface area contributed by atoms with Crippen molar-refractivity contribution in [1.82, 2.24) is 5.32 Å². The molecule has 1 saturated carbocycles. The van der Waals surface area contributed by atoms with Crippen molar-refractivity contribution < 1.29 is 0 Å². The molecule has 0 aliphatic heterocycles. The van der Waals surface area contributed by atoms with Gasteiger partial charge in [-0.2, -0.15) is 0 Å². The molecule has 1 fully saturated rings. The molecule has 2 rings (SSSR count). The van der Waals surface area contributed by atoms with Crippen molar-refractivity contribution in [1.29, 1.82) is 0 Å². The summed E-state index contributed by atoms with van der Waals surface area (Å²) in [5, 5.41) is 4.54. The molecule has 1 aliphatic rings. The lowest BCUT2D eigenvalue weighted by Gasteiger charge is -2.43. The van der Waals surface area contributed by atoms with Crippen LogP contribution >= 0.6 is 38.9 Å². The van der Waals surface area contributed by atoms with Crippen LogP contribution in [0.3, 0.4) is 0 Å². The molecule has 0 aromatic carbocycles. The van der Waals surface area contributed by atoms with Crippen molar-refractivity contribution in [2.45, 2.75) is 52.5 Å². The van der Waals surface area contributed by atoms with Crippen LogP contribution in [0.4, 0.5) is 0 Å². The molecule has 1 heterocycles. The van der Waals surface area contributed by atoms with Crippen LogP contribution in [-0.2, 0) is 0 Å². The third-order valence-corrected chi connectivity index (χ3v) is 6.94. The summed E-state index contributed by atoms with van der Waals surface area (Å²) in [5.41, 5.74) is 0.411. The first-order valence-electron chi connectivity index (χ1n) is 7.14. The first kappa shape index (κ1) is 15.8. The summed E-state index contributed by atoms with van der Waals surface area (Å²) in [6.45, 7) is 8.04. The zero-order chi connectivity index (χ0) is 14.0. The molecule has 108 valence electrons. The van der Waals surface area contributed by atoms with Gasteiger partial charge in [-0.1, -0.05) is 45.2 Å². The Morgan fingerprint density at radius 1 is 1.53 bits per heavy atom. The molecule has 0 amide bonds. The fourth-order valence-corrected chi connectivity index (χ4v) is 5.20. The first-order chi connectivity index (χ1) is 8.95. The number of nitrogens with one attached hydrogen (secondary N) is 1. The summed E-state index contributed by atoms with van der Waals surface area (Å²) >= 11 is 11.5. The van der Waals surface area contributed by atoms with Gasteiger partial charge in [0.05, 0.1) is 8.81 Å². The van der Waals surface area contributed by atoms with E-state index < -0.39 is 0 Å². The number of thiophene rings is 1. The molecule has 0 saturated heterocycles. The Kier molecular flexibility index (Phi) is 5.38. The number of halogens is 2. The molecule has 19 heavy (non-hydrogen) atoms. The van der Waals surface area contributed by atoms with Crippen LogP contribution in [0, 0.1) is 11.3 Å². The maximum atomic E-state index is 6.22. The van der Waals surface area contributed by atoms with Crippen LogP contribution in [0.25, 0.3) is 0 Å². The van der Waals surface area contributed by atoms with Crippen LogP contribution < -0.4 is 5.32 Å². The van der Waals surface area contributed by atoms with E-state index in [1.807, 2.05) is 0 Å². The maximum absolute atomic E-state index is 6.22. The quantitative estimate of drug-likeness (QED) is 0.687. The highest BCUT2D eigenvalue weighted by Crippen LogP contribution is 2.49. The average molecular weight is 365 g/mol. The van der Waals surface area contributed by atoms with Gasteiger partial charge in [-0.05, 0) is 52.7 Å². The van der Waals surface area contributed by atoms with Crippen LogP contribution in [0.1, 0.15) is 57.4 Å². The van der Waals surface area contributed by atoms with E-state index in [1.165, 1.54) is 30.6 Å². The van der Waals surface area contributed by atoms with E-state index in [9.17, 15) is 0 Å². The fourth-order valence-electron chi connectivity index (χ4n) is 3.32. The van der Waals surface area contributed by atoms with Crippen LogP contribution in [0.15, 0.2) is 9.85 Å². The number of rotatable bonds is 4. The predicted molar refractivity (Wildman–Crippen MR) is 89.2 cm³/mol. The molecule has 1 N–H and O–H groups in total. The van der Waals surface area contributed by atoms with Crippen molar-refractivity contribution in [2.24, 2.45) is 11.3 Å². The lowest BCUT2D eigenvalue weighted by atomic mass is 9.65. The SMILES string of the molecule is CCNC(c1cc(Cl)c(Br)s1)C1CCCCC1(C)C. The molecule has 1 aromatic heterocycles. The third kappa shape index (κ3) is 3.55. The Labute approximate surface area is 134 Å². The van der Waals surface area contributed by atoms with E-state index in [4.69, 9.17) is 11.6 Å². The van der Waals surface area contributed by atoms with Crippen molar-refractivity contribution in [3.8, 4) is 0 Å². The highest BCUT2D eigenvalue weighted by Gasteiger charge is 2.38. The maximum Gasteiger partial charge on any atom is 0.0887 e. The van der Waals surface area contributed by atoms with Crippen molar-refractivity contribution in [3.05, 3.63) is 19.8 Å². The van der Waals surface area contributed by atoms with E-state index in [-0.39, 0.29) is 0 Å². The molecular formula is C15H23BrClNS. The first-order valence-corrected chi connectivity index (χ1v) is 9.12. The average Bonchev–Trinajstić information content (AvgIpc) is 2.67. The smallest absolute Gasteiger partial charge is 0.0887 e. The lowest BCUT2D eigenvalue weighted by Crippen LogP contribution is -2.38. The van der Waals surface area contributed by atoms with Crippen molar-refractivity contribution in [2.75, 3.05) is 6.54 Å². The summed E-state index contributed by atoms with van der Waals surface area (Å²) in [6.07, 6.45) is 5.38. The van der Waals surface area contributed by atoms with Crippen molar-refractivity contribution in [3.63, 3.8) is 0 Å². The zero-order valence-electron chi connectivity index (χ0n) is 11.9. The highest BCUT2D eigenvalue weighted by atomic mass is 79.9. The van der Waals surface area contributed by atoms with Gasteiger partial charge in [0.1, 0.15) is 0 Å². The van der Waals surface area contributed by atoms with Gasteiger partial charge in [0.2, 0.25) is 0 Å². The molecule has 0 bridgehead atoms. The minimum Gasteiger partial charge on any atom is -0.309 e. The molecule has 1 aromatic rings. The minimum absolute atomic E-state index is 0.411.